The highest BCUT2D eigenvalue weighted by atomic mass is 32.2. The van der Waals surface area contributed by atoms with Gasteiger partial charge in [0.05, 0.1) is 11.0 Å². The van der Waals surface area contributed by atoms with Gasteiger partial charge in [0.1, 0.15) is 11.0 Å². The third-order valence-electron chi connectivity index (χ3n) is 2.81. The maximum absolute atomic E-state index is 12.2. The summed E-state index contributed by atoms with van der Waals surface area (Å²) in [7, 11) is 2.14. The Morgan fingerprint density at radius 1 is 1.33 bits per heavy atom. The van der Waals surface area contributed by atoms with Crippen LogP contribution < -0.4 is 11.1 Å². The molecule has 0 aromatic heterocycles. The highest BCUT2D eigenvalue weighted by molar-refractivity contribution is 7.82. The minimum Gasteiger partial charge on any atom is -0.390 e. The molecular formula is C12H21N3O2S. The molecule has 1 aliphatic rings. The van der Waals surface area contributed by atoms with Crippen molar-refractivity contribution in [1.29, 1.82) is 0 Å². The summed E-state index contributed by atoms with van der Waals surface area (Å²) in [5.41, 5.74) is 4.50. The molecule has 5 nitrogen and oxygen atoms in total. The van der Waals surface area contributed by atoms with Gasteiger partial charge < -0.3 is 16.2 Å². The van der Waals surface area contributed by atoms with E-state index in [1.54, 1.807) is 4.31 Å². The second-order valence-corrected chi connectivity index (χ2v) is 5.36. The minimum absolute atomic E-state index is 0.00709. The van der Waals surface area contributed by atoms with E-state index in [0.29, 0.717) is 13.1 Å². The molecule has 1 aromatic rings. The largest absolute Gasteiger partial charge is 0.390 e. The summed E-state index contributed by atoms with van der Waals surface area (Å²) >= 11 is 0. The Morgan fingerprint density at radius 2 is 1.94 bits per heavy atom. The lowest BCUT2D eigenvalue weighted by atomic mass is 10.2. The normalized spacial score (nSPS) is 25.3. The number of nitrogens with two attached hydrogens (primary N) is 1. The van der Waals surface area contributed by atoms with Crippen LogP contribution in [0.2, 0.25) is 0 Å². The van der Waals surface area contributed by atoms with Gasteiger partial charge in [-0.15, -0.1) is 0 Å². The molecular weight excluding hydrogens is 250 g/mol. The molecule has 102 valence electrons. The monoisotopic (exact) mass is 271 g/mol. The molecule has 1 aliphatic heterocycles. The van der Waals surface area contributed by atoms with E-state index >= 15 is 0 Å². The van der Waals surface area contributed by atoms with E-state index in [1.165, 1.54) is 7.05 Å². The van der Waals surface area contributed by atoms with Crippen molar-refractivity contribution >= 4 is 11.0 Å². The summed E-state index contributed by atoms with van der Waals surface area (Å²) in [6, 6.07) is 9.33. The molecule has 18 heavy (non-hydrogen) atoms. The Kier molecular flexibility index (Phi) is 6.45. The first kappa shape index (κ1) is 15.3. The van der Waals surface area contributed by atoms with Crippen molar-refractivity contribution in [2.45, 2.75) is 17.0 Å². The molecule has 0 amide bonds. The molecule has 0 bridgehead atoms. The highest BCUT2D eigenvalue weighted by Gasteiger charge is 2.33. The van der Waals surface area contributed by atoms with Crippen LogP contribution in [0.3, 0.4) is 0 Å². The Labute approximate surface area is 111 Å². The summed E-state index contributed by atoms with van der Waals surface area (Å²) < 4.78 is 13.9. The fraction of sp³-hybridized carbons (Fsp3) is 0.500. The molecule has 0 radical (unpaired) electrons. The zero-order valence-electron chi connectivity index (χ0n) is 10.7. The highest BCUT2D eigenvalue weighted by Crippen LogP contribution is 2.17. The average Bonchev–Trinajstić information content (AvgIpc) is 2.82. The fourth-order valence-corrected chi connectivity index (χ4v) is 3.13. The number of benzene rings is 1. The van der Waals surface area contributed by atoms with Gasteiger partial charge in [-0.25, -0.2) is 8.51 Å². The smallest absolute Gasteiger partial charge is 0.127 e. The van der Waals surface area contributed by atoms with Crippen molar-refractivity contribution in [2.75, 3.05) is 27.2 Å². The number of likely N-dealkylation sites (N-methyl/N-ethyl adjacent to an activating group) is 1. The van der Waals surface area contributed by atoms with Gasteiger partial charge in [0, 0.05) is 19.1 Å². The fourth-order valence-electron chi connectivity index (χ4n) is 1.86. The molecule has 4 N–H and O–H groups in total. The van der Waals surface area contributed by atoms with E-state index in [4.69, 9.17) is 0 Å². The molecule has 0 saturated carbocycles. The SMILES string of the molecule is CN.CNC1CN(S(=O)c2ccccc2)CC1O. The van der Waals surface area contributed by atoms with E-state index < -0.39 is 17.1 Å². The third kappa shape index (κ3) is 3.60. The number of β-amino-alcohol motifs (C(OH)–C–C–N with tert-alkyl or cyclic N) is 1. The van der Waals surface area contributed by atoms with Crippen molar-refractivity contribution in [3.05, 3.63) is 30.3 Å². The van der Waals surface area contributed by atoms with Crippen LogP contribution in [0.15, 0.2) is 35.2 Å². The molecule has 1 heterocycles. The molecule has 6 heteroatoms. The zero-order valence-corrected chi connectivity index (χ0v) is 11.6. The van der Waals surface area contributed by atoms with Crippen LogP contribution in [0, 0.1) is 0 Å². The lowest BCUT2D eigenvalue weighted by Crippen LogP contribution is -2.36. The van der Waals surface area contributed by atoms with Crippen LogP contribution in [0.1, 0.15) is 0 Å². The number of hydrogen-bond acceptors (Lipinski definition) is 4. The van der Waals surface area contributed by atoms with Crippen LogP contribution >= 0.6 is 0 Å². The van der Waals surface area contributed by atoms with Gasteiger partial charge in [-0.1, -0.05) is 18.2 Å². The zero-order chi connectivity index (χ0) is 13.5. The van der Waals surface area contributed by atoms with Crippen LogP contribution in [0.4, 0.5) is 0 Å². The van der Waals surface area contributed by atoms with E-state index in [-0.39, 0.29) is 6.04 Å². The summed E-state index contributed by atoms with van der Waals surface area (Å²) in [5.74, 6) is 0. The number of hydrogen-bond donors (Lipinski definition) is 3. The average molecular weight is 271 g/mol. The van der Waals surface area contributed by atoms with E-state index in [0.717, 1.165) is 4.90 Å². The summed E-state index contributed by atoms with van der Waals surface area (Å²) in [4.78, 5) is 0.784. The predicted octanol–water partition coefficient (Wildman–Crippen LogP) is -0.451. The van der Waals surface area contributed by atoms with Gasteiger partial charge in [-0.05, 0) is 26.2 Å². The molecule has 1 aromatic carbocycles. The first-order valence-corrected chi connectivity index (χ1v) is 6.98. The topological polar surface area (TPSA) is 78.6 Å². The Bertz CT molecular complexity index is 375. The second kappa shape index (κ2) is 7.60. The van der Waals surface area contributed by atoms with Gasteiger partial charge >= 0.3 is 0 Å². The number of aliphatic hydroxyl groups excluding tert-OH is 1. The summed E-state index contributed by atoms with van der Waals surface area (Å²) in [6.45, 7) is 1.06. The van der Waals surface area contributed by atoms with Crippen molar-refractivity contribution in [2.24, 2.45) is 5.73 Å². The molecule has 2 rings (SSSR count). The first-order chi connectivity index (χ1) is 8.72. The van der Waals surface area contributed by atoms with Gasteiger partial charge in [-0.2, -0.15) is 0 Å². The third-order valence-corrected chi connectivity index (χ3v) is 4.25. The standard InChI is InChI=1S/C11H16N2O2S.CH5N/c1-12-10-7-13(8-11(10)14)16(15)9-5-3-2-4-6-9;1-2/h2-6,10-12,14H,7-8H2,1H3;2H2,1H3. The number of nitrogens with one attached hydrogen (secondary N) is 1. The van der Waals surface area contributed by atoms with Crippen LogP contribution in [-0.2, 0) is 11.0 Å². The quantitative estimate of drug-likeness (QED) is 0.696. The van der Waals surface area contributed by atoms with E-state index in [2.05, 4.69) is 11.1 Å². The molecule has 3 unspecified atom stereocenters. The molecule has 1 saturated heterocycles. The van der Waals surface area contributed by atoms with E-state index in [1.807, 2.05) is 37.4 Å². The Balaban J connectivity index is 0.000000771. The van der Waals surface area contributed by atoms with Crippen molar-refractivity contribution in [3.8, 4) is 0 Å². The van der Waals surface area contributed by atoms with Crippen molar-refractivity contribution in [3.63, 3.8) is 0 Å². The molecule has 0 aliphatic carbocycles. The van der Waals surface area contributed by atoms with Crippen molar-refractivity contribution in [1.82, 2.24) is 9.62 Å². The summed E-state index contributed by atoms with van der Waals surface area (Å²) in [5, 5.41) is 12.7. The number of nitrogens with zero attached hydrogens (tertiary/aromatic N) is 1. The number of aliphatic hydroxyl groups is 1. The van der Waals surface area contributed by atoms with E-state index in [9.17, 15) is 9.32 Å². The van der Waals surface area contributed by atoms with Crippen LogP contribution in [0.5, 0.6) is 0 Å². The minimum atomic E-state index is -1.17. The lowest BCUT2D eigenvalue weighted by Gasteiger charge is -2.14. The Hall–Kier alpha value is -0.790. The van der Waals surface area contributed by atoms with Gasteiger partial charge in [0.25, 0.3) is 0 Å². The maximum Gasteiger partial charge on any atom is 0.127 e. The predicted molar refractivity (Wildman–Crippen MR) is 73.4 cm³/mol. The summed E-state index contributed by atoms with van der Waals surface area (Å²) in [6.07, 6.45) is -0.447. The molecule has 0 spiro atoms. The number of rotatable bonds is 3. The first-order valence-electron chi connectivity index (χ1n) is 5.87. The van der Waals surface area contributed by atoms with Gasteiger partial charge in [0.15, 0.2) is 0 Å². The van der Waals surface area contributed by atoms with Crippen LogP contribution in [0.25, 0.3) is 0 Å². The van der Waals surface area contributed by atoms with Gasteiger partial charge in [0.2, 0.25) is 0 Å². The second-order valence-electron chi connectivity index (χ2n) is 3.87. The Morgan fingerprint density at radius 3 is 2.44 bits per heavy atom. The van der Waals surface area contributed by atoms with Gasteiger partial charge in [-0.3, -0.25) is 0 Å². The van der Waals surface area contributed by atoms with Crippen molar-refractivity contribution < 1.29 is 9.32 Å². The lowest BCUT2D eigenvalue weighted by molar-refractivity contribution is 0.164. The maximum atomic E-state index is 12.2. The van der Waals surface area contributed by atoms with Crippen LogP contribution in [-0.4, -0.2) is 53.0 Å². The molecule has 1 fully saturated rings. The molecule has 3 atom stereocenters.